The van der Waals surface area contributed by atoms with E-state index in [0.717, 1.165) is 41.5 Å². The average Bonchev–Trinajstić information content (AvgIpc) is 3.27. The molecule has 0 saturated carbocycles. The van der Waals surface area contributed by atoms with Crippen LogP contribution in [0.3, 0.4) is 0 Å². The molecular weight excluding hydrogens is 412 g/mol. The van der Waals surface area contributed by atoms with E-state index in [4.69, 9.17) is 0 Å². The van der Waals surface area contributed by atoms with E-state index in [9.17, 15) is 4.79 Å². The average molecular weight is 439 g/mol. The van der Waals surface area contributed by atoms with Crippen LogP contribution in [0.2, 0.25) is 0 Å². The second-order valence-corrected chi connectivity index (χ2v) is 8.25. The molecule has 2 aromatic heterocycles. The molecule has 7 nitrogen and oxygen atoms in total. The monoisotopic (exact) mass is 438 g/mol. The fourth-order valence-corrected chi connectivity index (χ4v) is 4.16. The van der Waals surface area contributed by atoms with Gasteiger partial charge in [0, 0.05) is 24.3 Å². The second-order valence-electron chi connectivity index (χ2n) is 8.25. The third-order valence-electron chi connectivity index (χ3n) is 6.02. The van der Waals surface area contributed by atoms with Gasteiger partial charge in [-0.25, -0.2) is 4.68 Å². The Labute approximate surface area is 193 Å². The standard InChI is InChI=1S/C26H26N6O/c1-19-23(18-27-32(19)22-8-4-2-5-9-22)26(33)28-21-12-10-20(11-13-21)24-14-15-25(30-29-24)31-16-6-3-7-17-31/h2,4-5,8-15,18H,3,6-7,16-17H2,1H3,(H,28,33). The van der Waals surface area contributed by atoms with E-state index < -0.39 is 0 Å². The summed E-state index contributed by atoms with van der Waals surface area (Å²) in [6.45, 7) is 3.99. The number of anilines is 2. The van der Waals surface area contributed by atoms with E-state index in [2.05, 4.69) is 25.5 Å². The first kappa shape index (κ1) is 20.9. The molecule has 1 saturated heterocycles. The molecule has 1 amide bonds. The number of hydrogen-bond acceptors (Lipinski definition) is 5. The summed E-state index contributed by atoms with van der Waals surface area (Å²) in [5.41, 5.74) is 4.74. The van der Waals surface area contributed by atoms with Gasteiger partial charge in [-0.2, -0.15) is 5.10 Å². The van der Waals surface area contributed by atoms with E-state index in [-0.39, 0.29) is 5.91 Å². The maximum Gasteiger partial charge on any atom is 0.259 e. The summed E-state index contributed by atoms with van der Waals surface area (Å²) in [4.78, 5) is 15.1. The second kappa shape index (κ2) is 9.24. The van der Waals surface area contributed by atoms with Crippen LogP contribution in [0.5, 0.6) is 0 Å². The van der Waals surface area contributed by atoms with Gasteiger partial charge in [0.25, 0.3) is 5.91 Å². The first-order valence-corrected chi connectivity index (χ1v) is 11.3. The minimum atomic E-state index is -0.187. The van der Waals surface area contributed by atoms with Crippen molar-refractivity contribution < 1.29 is 4.79 Å². The molecule has 4 aromatic rings. The van der Waals surface area contributed by atoms with E-state index in [1.54, 1.807) is 10.9 Å². The molecule has 0 unspecified atom stereocenters. The first-order valence-electron chi connectivity index (χ1n) is 11.3. The van der Waals surface area contributed by atoms with Gasteiger partial charge in [-0.15, -0.1) is 10.2 Å². The molecule has 1 fully saturated rings. The summed E-state index contributed by atoms with van der Waals surface area (Å²) < 4.78 is 1.77. The van der Waals surface area contributed by atoms with Crippen LogP contribution < -0.4 is 10.2 Å². The van der Waals surface area contributed by atoms with Gasteiger partial charge in [0.05, 0.1) is 28.8 Å². The maximum absolute atomic E-state index is 12.8. The molecule has 0 aliphatic carbocycles. The molecular formula is C26H26N6O. The molecule has 1 aliphatic rings. The zero-order valence-corrected chi connectivity index (χ0v) is 18.6. The van der Waals surface area contributed by atoms with E-state index >= 15 is 0 Å². The first-order chi connectivity index (χ1) is 16.2. The summed E-state index contributed by atoms with van der Waals surface area (Å²) in [6.07, 6.45) is 5.32. The number of rotatable bonds is 5. The maximum atomic E-state index is 12.8. The molecule has 5 rings (SSSR count). The van der Waals surface area contributed by atoms with Crippen LogP contribution in [0.4, 0.5) is 11.5 Å². The van der Waals surface area contributed by atoms with Crippen LogP contribution in [0.15, 0.2) is 72.9 Å². The quantitative estimate of drug-likeness (QED) is 0.481. The predicted octanol–water partition coefficient (Wildman–Crippen LogP) is 4.88. The van der Waals surface area contributed by atoms with E-state index in [1.165, 1.54) is 19.3 Å². The fraction of sp³-hybridized carbons (Fsp3) is 0.231. The summed E-state index contributed by atoms with van der Waals surface area (Å²) in [5.74, 6) is 0.752. The third-order valence-corrected chi connectivity index (χ3v) is 6.02. The van der Waals surface area contributed by atoms with Crippen molar-refractivity contribution in [1.82, 2.24) is 20.0 Å². The molecule has 7 heteroatoms. The molecule has 0 bridgehead atoms. The molecule has 0 radical (unpaired) electrons. The van der Waals surface area contributed by atoms with Crippen LogP contribution in [-0.4, -0.2) is 39.0 Å². The topological polar surface area (TPSA) is 75.9 Å². The Morgan fingerprint density at radius 3 is 2.33 bits per heavy atom. The number of nitrogens with one attached hydrogen (secondary N) is 1. The Hall–Kier alpha value is -4.00. The number of hydrogen-bond donors (Lipinski definition) is 1. The van der Waals surface area contributed by atoms with Crippen molar-refractivity contribution in [2.24, 2.45) is 0 Å². The summed E-state index contributed by atoms with van der Waals surface area (Å²) in [7, 11) is 0. The van der Waals surface area contributed by atoms with Gasteiger partial charge in [-0.1, -0.05) is 30.3 Å². The van der Waals surface area contributed by atoms with Crippen LogP contribution in [0.1, 0.15) is 35.3 Å². The third kappa shape index (κ3) is 4.48. The smallest absolute Gasteiger partial charge is 0.259 e. The highest BCUT2D eigenvalue weighted by atomic mass is 16.1. The molecule has 166 valence electrons. The number of aromatic nitrogens is 4. The number of para-hydroxylation sites is 1. The van der Waals surface area contributed by atoms with Gasteiger partial charge in [0.15, 0.2) is 5.82 Å². The summed E-state index contributed by atoms with van der Waals surface area (Å²) in [5, 5.41) is 16.2. The predicted molar refractivity (Wildman–Crippen MR) is 130 cm³/mol. The highest BCUT2D eigenvalue weighted by Gasteiger charge is 2.16. The number of nitrogens with zero attached hydrogens (tertiary/aromatic N) is 5. The van der Waals surface area contributed by atoms with E-state index in [1.807, 2.05) is 73.7 Å². The molecule has 3 heterocycles. The largest absolute Gasteiger partial charge is 0.355 e. The summed E-state index contributed by atoms with van der Waals surface area (Å²) in [6, 6.07) is 21.5. The normalized spacial score (nSPS) is 13.7. The van der Waals surface area contributed by atoms with Crippen molar-refractivity contribution in [2.45, 2.75) is 26.2 Å². The number of carbonyl (C=O) groups is 1. The lowest BCUT2D eigenvalue weighted by molar-refractivity contribution is 0.102. The molecule has 0 atom stereocenters. The van der Waals surface area contributed by atoms with Crippen molar-refractivity contribution in [3.63, 3.8) is 0 Å². The van der Waals surface area contributed by atoms with E-state index in [0.29, 0.717) is 11.3 Å². The Bertz CT molecular complexity index is 1230. The Morgan fingerprint density at radius 2 is 1.64 bits per heavy atom. The van der Waals surface area contributed by atoms with Crippen molar-refractivity contribution in [2.75, 3.05) is 23.3 Å². The van der Waals surface area contributed by atoms with Crippen LogP contribution >= 0.6 is 0 Å². The Balaban J connectivity index is 1.26. The SMILES string of the molecule is Cc1c(C(=O)Nc2ccc(-c3ccc(N4CCCCC4)nn3)cc2)cnn1-c1ccccc1. The highest BCUT2D eigenvalue weighted by Crippen LogP contribution is 2.23. The minimum absolute atomic E-state index is 0.187. The van der Waals surface area contributed by atoms with Gasteiger partial charge in [0.1, 0.15) is 0 Å². The van der Waals surface area contributed by atoms with Crippen molar-refractivity contribution >= 4 is 17.4 Å². The number of amides is 1. The van der Waals surface area contributed by atoms with Gasteiger partial charge < -0.3 is 10.2 Å². The Morgan fingerprint density at radius 1 is 0.879 bits per heavy atom. The molecule has 1 N–H and O–H groups in total. The fourth-order valence-electron chi connectivity index (χ4n) is 4.16. The summed E-state index contributed by atoms with van der Waals surface area (Å²) >= 11 is 0. The number of benzene rings is 2. The van der Waals surface area contributed by atoms with Gasteiger partial charge >= 0.3 is 0 Å². The van der Waals surface area contributed by atoms with Crippen LogP contribution in [0, 0.1) is 6.92 Å². The minimum Gasteiger partial charge on any atom is -0.355 e. The lowest BCUT2D eigenvalue weighted by atomic mass is 10.1. The van der Waals surface area contributed by atoms with Crippen molar-refractivity contribution in [3.8, 4) is 16.9 Å². The zero-order chi connectivity index (χ0) is 22.6. The van der Waals surface area contributed by atoms with Crippen LogP contribution in [0.25, 0.3) is 16.9 Å². The van der Waals surface area contributed by atoms with Gasteiger partial charge in [0.2, 0.25) is 0 Å². The Kier molecular flexibility index (Phi) is 5.85. The van der Waals surface area contributed by atoms with Crippen LogP contribution in [-0.2, 0) is 0 Å². The zero-order valence-electron chi connectivity index (χ0n) is 18.6. The van der Waals surface area contributed by atoms with Gasteiger partial charge in [-0.05, 0) is 62.6 Å². The van der Waals surface area contributed by atoms with Crippen molar-refractivity contribution in [3.05, 3.63) is 84.2 Å². The molecule has 2 aromatic carbocycles. The molecule has 33 heavy (non-hydrogen) atoms. The lowest BCUT2D eigenvalue weighted by Crippen LogP contribution is -2.30. The van der Waals surface area contributed by atoms with Gasteiger partial charge in [-0.3, -0.25) is 4.79 Å². The van der Waals surface area contributed by atoms with Crippen molar-refractivity contribution in [1.29, 1.82) is 0 Å². The molecule has 0 spiro atoms. The number of carbonyl (C=O) groups excluding carboxylic acids is 1. The molecule has 1 aliphatic heterocycles. The lowest BCUT2D eigenvalue weighted by Gasteiger charge is -2.27. The number of piperidine rings is 1. The highest BCUT2D eigenvalue weighted by molar-refractivity contribution is 6.05.